The number of amides is 2. The minimum absolute atomic E-state index is 0.0349. The number of hydrogen-bond acceptors (Lipinski definition) is 4. The minimum Gasteiger partial charge on any atom is -0.477 e. The normalized spacial score (nSPS) is 15.5. The van der Waals surface area contributed by atoms with Crippen LogP contribution in [0.1, 0.15) is 24.5 Å². The fourth-order valence-corrected chi connectivity index (χ4v) is 3.87. The van der Waals surface area contributed by atoms with Gasteiger partial charge in [-0.05, 0) is 55.7 Å². The van der Waals surface area contributed by atoms with Crippen LogP contribution in [-0.4, -0.2) is 36.8 Å². The number of nitrogens with one attached hydrogen (secondary N) is 1. The van der Waals surface area contributed by atoms with Crippen molar-refractivity contribution in [2.24, 2.45) is 0 Å². The molecule has 28 heavy (non-hydrogen) atoms. The molecular weight excluding hydrogens is 372 g/mol. The number of para-hydroxylation sites is 2. The third kappa shape index (κ3) is 4.68. The van der Waals surface area contributed by atoms with E-state index in [0.717, 1.165) is 11.3 Å². The van der Waals surface area contributed by atoms with Crippen LogP contribution in [0.2, 0.25) is 0 Å². The molecule has 0 fully saturated rings. The van der Waals surface area contributed by atoms with E-state index in [1.165, 1.54) is 22.9 Å². The summed E-state index contributed by atoms with van der Waals surface area (Å²) < 4.78 is 5.85. The van der Waals surface area contributed by atoms with Crippen LogP contribution < -0.4 is 15.0 Å². The Kier molecular flexibility index (Phi) is 6.62. The molecule has 1 N–H and O–H groups in total. The van der Waals surface area contributed by atoms with Gasteiger partial charge in [0.15, 0.2) is 6.10 Å². The van der Waals surface area contributed by atoms with E-state index in [-0.39, 0.29) is 18.4 Å². The maximum atomic E-state index is 13.0. The van der Waals surface area contributed by atoms with Crippen molar-refractivity contribution in [3.05, 3.63) is 53.6 Å². The highest BCUT2D eigenvalue weighted by Gasteiger charge is 2.33. The van der Waals surface area contributed by atoms with Crippen LogP contribution in [0.25, 0.3) is 0 Å². The van der Waals surface area contributed by atoms with Crippen LogP contribution in [0.5, 0.6) is 5.75 Å². The maximum Gasteiger partial charge on any atom is 0.262 e. The molecule has 0 bridgehead atoms. The zero-order chi connectivity index (χ0) is 20.1. The first-order chi connectivity index (χ1) is 13.5. The largest absolute Gasteiger partial charge is 0.477 e. The summed E-state index contributed by atoms with van der Waals surface area (Å²) in [6.45, 7) is 6.95. The number of thioether (sulfide) groups is 1. The van der Waals surface area contributed by atoms with Gasteiger partial charge in [-0.25, -0.2) is 0 Å². The summed E-state index contributed by atoms with van der Waals surface area (Å²) in [6.07, 6.45) is 0.154. The molecule has 148 valence electrons. The maximum absolute atomic E-state index is 13.0. The smallest absolute Gasteiger partial charge is 0.262 e. The second-order valence-electron chi connectivity index (χ2n) is 6.90. The number of benzene rings is 2. The Bertz CT molecular complexity index is 869. The third-order valence-corrected chi connectivity index (χ3v) is 5.74. The quantitative estimate of drug-likeness (QED) is 0.754. The summed E-state index contributed by atoms with van der Waals surface area (Å²) in [7, 11) is 0. The van der Waals surface area contributed by atoms with Crippen LogP contribution in [0, 0.1) is 13.8 Å². The molecule has 0 unspecified atom stereocenters. The zero-order valence-corrected chi connectivity index (χ0v) is 17.3. The standard InChI is InChI=1S/C22H26N2O3S/c1-4-11-23-22(26)20-13-24(18-7-5-6-8-19(18)27-20)21(25)14-28-17-10-9-15(2)16(3)12-17/h5-10,12,20H,4,11,13-14H2,1-3H3,(H,23,26)/t20-/m1/s1. The van der Waals surface area contributed by atoms with Crippen molar-refractivity contribution in [2.45, 2.75) is 38.2 Å². The average molecular weight is 399 g/mol. The topological polar surface area (TPSA) is 58.6 Å². The van der Waals surface area contributed by atoms with Crippen molar-refractivity contribution in [2.75, 3.05) is 23.7 Å². The van der Waals surface area contributed by atoms with Gasteiger partial charge in [0.2, 0.25) is 5.91 Å². The van der Waals surface area contributed by atoms with Gasteiger partial charge < -0.3 is 15.0 Å². The van der Waals surface area contributed by atoms with Crippen molar-refractivity contribution in [3.63, 3.8) is 0 Å². The third-order valence-electron chi connectivity index (χ3n) is 4.76. The van der Waals surface area contributed by atoms with Gasteiger partial charge in [-0.1, -0.05) is 25.1 Å². The van der Waals surface area contributed by atoms with Gasteiger partial charge in [-0.3, -0.25) is 9.59 Å². The highest BCUT2D eigenvalue weighted by molar-refractivity contribution is 8.00. The van der Waals surface area contributed by atoms with E-state index >= 15 is 0 Å². The summed E-state index contributed by atoms with van der Waals surface area (Å²) in [5, 5.41) is 2.85. The summed E-state index contributed by atoms with van der Waals surface area (Å²) >= 11 is 1.51. The average Bonchev–Trinajstić information content (AvgIpc) is 2.71. The number of nitrogens with zero attached hydrogens (tertiary/aromatic N) is 1. The summed E-state index contributed by atoms with van der Waals surface area (Å²) in [6, 6.07) is 13.6. The molecule has 1 atom stereocenters. The lowest BCUT2D eigenvalue weighted by Gasteiger charge is -2.34. The molecule has 0 spiro atoms. The Morgan fingerprint density at radius 2 is 1.96 bits per heavy atom. The van der Waals surface area contributed by atoms with Crippen LogP contribution in [0.15, 0.2) is 47.4 Å². The lowest BCUT2D eigenvalue weighted by Crippen LogP contribution is -2.51. The second-order valence-corrected chi connectivity index (χ2v) is 7.95. The zero-order valence-electron chi connectivity index (χ0n) is 16.5. The number of carbonyl (C=O) groups excluding carboxylic acids is 2. The Balaban J connectivity index is 1.73. The molecule has 2 aromatic carbocycles. The van der Waals surface area contributed by atoms with Gasteiger partial charge >= 0.3 is 0 Å². The monoisotopic (exact) mass is 398 g/mol. The van der Waals surface area contributed by atoms with Gasteiger partial charge in [-0.15, -0.1) is 11.8 Å². The number of ether oxygens (including phenoxy) is 1. The van der Waals surface area contributed by atoms with Gasteiger partial charge in [0.05, 0.1) is 18.0 Å². The molecule has 1 aliphatic rings. The Labute approximate surface area is 170 Å². The molecule has 1 aliphatic heterocycles. The van der Waals surface area contributed by atoms with Crippen molar-refractivity contribution < 1.29 is 14.3 Å². The van der Waals surface area contributed by atoms with Gasteiger partial charge in [0, 0.05) is 11.4 Å². The Morgan fingerprint density at radius 1 is 1.18 bits per heavy atom. The van der Waals surface area contributed by atoms with E-state index in [0.29, 0.717) is 23.7 Å². The number of fused-ring (bicyclic) bond motifs is 1. The van der Waals surface area contributed by atoms with Gasteiger partial charge in [0.25, 0.3) is 5.91 Å². The predicted octanol–water partition coefficient (Wildman–Crippen LogP) is 3.72. The highest BCUT2D eigenvalue weighted by Crippen LogP contribution is 2.34. The molecule has 0 saturated carbocycles. The van der Waals surface area contributed by atoms with E-state index in [1.807, 2.05) is 31.2 Å². The van der Waals surface area contributed by atoms with Crippen LogP contribution in [-0.2, 0) is 9.59 Å². The molecule has 2 amide bonds. The number of hydrogen-bond donors (Lipinski definition) is 1. The molecular formula is C22H26N2O3S. The number of rotatable bonds is 6. The van der Waals surface area contributed by atoms with Crippen molar-refractivity contribution in [3.8, 4) is 5.75 Å². The summed E-state index contributed by atoms with van der Waals surface area (Å²) in [5.74, 6) is 0.651. The lowest BCUT2D eigenvalue weighted by atomic mass is 10.1. The first-order valence-electron chi connectivity index (χ1n) is 9.53. The molecule has 5 nitrogen and oxygen atoms in total. The molecule has 1 heterocycles. The molecule has 0 saturated heterocycles. The van der Waals surface area contributed by atoms with E-state index in [4.69, 9.17) is 4.74 Å². The van der Waals surface area contributed by atoms with Crippen LogP contribution >= 0.6 is 11.8 Å². The molecule has 6 heteroatoms. The van der Waals surface area contributed by atoms with Gasteiger partial charge in [0.1, 0.15) is 5.75 Å². The molecule has 0 aliphatic carbocycles. The Morgan fingerprint density at radius 3 is 2.71 bits per heavy atom. The fourth-order valence-electron chi connectivity index (χ4n) is 3.00. The van der Waals surface area contributed by atoms with E-state index < -0.39 is 6.10 Å². The second kappa shape index (κ2) is 9.15. The van der Waals surface area contributed by atoms with Crippen molar-refractivity contribution in [1.82, 2.24) is 5.32 Å². The predicted molar refractivity (Wildman–Crippen MR) is 113 cm³/mol. The minimum atomic E-state index is -0.697. The first kappa shape index (κ1) is 20.3. The Hall–Kier alpha value is -2.47. The highest BCUT2D eigenvalue weighted by atomic mass is 32.2. The SMILES string of the molecule is CCCNC(=O)[C@H]1CN(C(=O)CSc2ccc(C)c(C)c2)c2ccccc2O1. The summed E-state index contributed by atoms with van der Waals surface area (Å²) in [5.41, 5.74) is 3.16. The van der Waals surface area contributed by atoms with E-state index in [2.05, 4.69) is 31.3 Å². The van der Waals surface area contributed by atoms with Crippen LogP contribution in [0.3, 0.4) is 0 Å². The van der Waals surface area contributed by atoms with Crippen LogP contribution in [0.4, 0.5) is 5.69 Å². The first-order valence-corrected chi connectivity index (χ1v) is 10.5. The number of anilines is 1. The van der Waals surface area contributed by atoms with Gasteiger partial charge in [-0.2, -0.15) is 0 Å². The fraction of sp³-hybridized carbons (Fsp3) is 0.364. The van der Waals surface area contributed by atoms with E-state index in [1.54, 1.807) is 11.0 Å². The number of aryl methyl sites for hydroxylation is 2. The lowest BCUT2D eigenvalue weighted by molar-refractivity contribution is -0.128. The summed E-state index contributed by atoms with van der Waals surface area (Å²) in [4.78, 5) is 28.1. The van der Waals surface area contributed by atoms with Crippen molar-refractivity contribution >= 4 is 29.3 Å². The van der Waals surface area contributed by atoms with E-state index in [9.17, 15) is 9.59 Å². The van der Waals surface area contributed by atoms with Crippen molar-refractivity contribution in [1.29, 1.82) is 0 Å². The molecule has 2 aromatic rings. The molecule has 3 rings (SSSR count). The molecule has 0 aromatic heterocycles. The number of carbonyl (C=O) groups is 2. The molecule has 0 radical (unpaired) electrons.